The van der Waals surface area contributed by atoms with Crippen LogP contribution in [0.15, 0.2) is 39.2 Å². The van der Waals surface area contributed by atoms with Crippen molar-refractivity contribution in [1.29, 1.82) is 0 Å². The molecular weight excluding hydrogens is 422 g/mol. The molecule has 1 heterocycles. The number of nitrogens with one attached hydrogen (secondary N) is 1. The lowest BCUT2D eigenvalue weighted by Gasteiger charge is -2.07. The lowest BCUT2D eigenvalue weighted by atomic mass is 10.3. The molecule has 0 spiro atoms. The van der Waals surface area contributed by atoms with Gasteiger partial charge in [-0.1, -0.05) is 11.6 Å². The molecule has 0 aliphatic rings. The molecule has 0 saturated carbocycles. The molecule has 7 nitrogen and oxygen atoms in total. The van der Waals surface area contributed by atoms with Gasteiger partial charge in [0.15, 0.2) is 6.61 Å². The molecule has 1 N–H and O–H groups in total. The molecule has 24 heavy (non-hydrogen) atoms. The van der Waals surface area contributed by atoms with Crippen LogP contribution in [0.5, 0.6) is 5.75 Å². The van der Waals surface area contributed by atoms with Crippen molar-refractivity contribution in [2.24, 2.45) is 5.10 Å². The molecule has 0 aliphatic heterocycles. The molecule has 2 rings (SSSR count). The molecule has 0 unspecified atom stereocenters. The van der Waals surface area contributed by atoms with Crippen LogP contribution in [0, 0.1) is 10.1 Å². The smallest absolute Gasteiger partial charge is 0.280 e. The van der Waals surface area contributed by atoms with Crippen LogP contribution in [0.25, 0.3) is 0 Å². The Hall–Kier alpha value is -1.97. The number of rotatable bonds is 6. The van der Waals surface area contributed by atoms with Gasteiger partial charge in [-0.25, -0.2) is 5.43 Å². The number of hydrazone groups is 1. The summed E-state index contributed by atoms with van der Waals surface area (Å²) in [5.74, 6) is 0.0198. The summed E-state index contributed by atoms with van der Waals surface area (Å²) in [7, 11) is 0. The van der Waals surface area contributed by atoms with Crippen molar-refractivity contribution in [1.82, 2.24) is 5.43 Å². The Balaban J connectivity index is 1.90. The third-order valence-corrected chi connectivity index (χ3v) is 4.64. The Morgan fingerprint density at radius 2 is 2.25 bits per heavy atom. The van der Waals surface area contributed by atoms with Crippen molar-refractivity contribution in [2.75, 3.05) is 6.61 Å². The van der Waals surface area contributed by atoms with E-state index >= 15 is 0 Å². The highest BCUT2D eigenvalue weighted by Gasteiger charge is 2.11. The van der Waals surface area contributed by atoms with E-state index in [4.69, 9.17) is 16.3 Å². The van der Waals surface area contributed by atoms with E-state index in [1.165, 1.54) is 22.8 Å². The van der Waals surface area contributed by atoms with Gasteiger partial charge in [0, 0.05) is 11.1 Å². The summed E-state index contributed by atoms with van der Waals surface area (Å²) in [5, 5.41) is 16.5. The highest BCUT2D eigenvalue weighted by atomic mass is 79.9. The van der Waals surface area contributed by atoms with E-state index in [0.717, 1.165) is 0 Å². The fourth-order valence-corrected chi connectivity index (χ4v) is 3.18. The molecule has 1 aromatic heterocycles. The molecule has 0 bridgehead atoms. The van der Waals surface area contributed by atoms with Crippen molar-refractivity contribution in [3.05, 3.63) is 54.1 Å². The first-order valence-corrected chi connectivity index (χ1v) is 8.56. The molecule has 1 amide bonds. The van der Waals surface area contributed by atoms with E-state index in [-0.39, 0.29) is 12.3 Å². The van der Waals surface area contributed by atoms with Crippen LogP contribution in [0.3, 0.4) is 0 Å². The average molecular weight is 433 g/mol. The van der Waals surface area contributed by atoms with Gasteiger partial charge >= 0.3 is 0 Å². The van der Waals surface area contributed by atoms with Crippen molar-refractivity contribution in [3.63, 3.8) is 0 Å². The minimum atomic E-state index is -0.482. The first-order chi connectivity index (χ1) is 11.4. The predicted molar refractivity (Wildman–Crippen MR) is 96.0 cm³/mol. The van der Waals surface area contributed by atoms with Gasteiger partial charge in [-0.15, -0.1) is 11.3 Å². The Bertz CT molecular complexity index is 809. The van der Waals surface area contributed by atoms with E-state index < -0.39 is 10.8 Å². The maximum absolute atomic E-state index is 11.8. The van der Waals surface area contributed by atoms with Crippen LogP contribution in [0.4, 0.5) is 5.69 Å². The third-order valence-electron chi connectivity index (χ3n) is 2.75. The second-order valence-electron chi connectivity index (χ2n) is 4.52. The maximum atomic E-state index is 11.8. The highest BCUT2D eigenvalue weighted by Crippen LogP contribution is 2.27. The van der Waals surface area contributed by atoms with Crippen LogP contribution < -0.4 is 10.2 Å². The van der Waals surface area contributed by atoms with E-state index in [0.29, 0.717) is 25.8 Å². The van der Waals surface area contributed by atoms with Crippen molar-refractivity contribution in [3.8, 4) is 5.75 Å². The van der Waals surface area contributed by atoms with Crippen LogP contribution in [0.1, 0.15) is 11.8 Å². The number of nitro groups is 1. The van der Waals surface area contributed by atoms with Crippen LogP contribution in [-0.4, -0.2) is 23.1 Å². The fraction of sp³-hybridized carbons (Fsp3) is 0.143. The summed E-state index contributed by atoms with van der Waals surface area (Å²) < 4.78 is 5.99. The van der Waals surface area contributed by atoms with Crippen LogP contribution >= 0.6 is 38.9 Å². The zero-order valence-electron chi connectivity index (χ0n) is 12.3. The summed E-state index contributed by atoms with van der Waals surface area (Å²) in [6.07, 6.45) is 0. The summed E-state index contributed by atoms with van der Waals surface area (Å²) in [6.45, 7) is 1.41. The van der Waals surface area contributed by atoms with Gasteiger partial charge in [-0.3, -0.25) is 14.9 Å². The zero-order valence-corrected chi connectivity index (χ0v) is 15.4. The summed E-state index contributed by atoms with van der Waals surface area (Å²) in [4.78, 5) is 22.5. The van der Waals surface area contributed by atoms with Gasteiger partial charge in [0.05, 0.1) is 25.4 Å². The number of thiophene rings is 1. The van der Waals surface area contributed by atoms with E-state index in [2.05, 4.69) is 26.5 Å². The summed E-state index contributed by atoms with van der Waals surface area (Å²) in [6, 6.07) is 6.34. The Morgan fingerprint density at radius 3 is 2.88 bits per heavy atom. The fourth-order valence-electron chi connectivity index (χ4n) is 1.58. The number of nitrogens with zero attached hydrogens (tertiary/aromatic N) is 2. The molecule has 10 heteroatoms. The average Bonchev–Trinajstić information content (AvgIpc) is 3.02. The number of hydrogen-bond donors (Lipinski definition) is 1. The molecule has 2 aromatic rings. The standard InChI is InChI=1S/C14H11BrClN3O4S/c1-8(13-5-10(7-24-13)19(21)22)17-18-14(20)6-23-12-3-2-9(16)4-11(12)15/h2-5,7H,6H2,1H3,(H,18,20)/b17-8+. The molecule has 0 aliphatic carbocycles. The number of benzene rings is 1. The second-order valence-corrected chi connectivity index (χ2v) is 6.72. The largest absolute Gasteiger partial charge is 0.483 e. The monoisotopic (exact) mass is 431 g/mol. The Morgan fingerprint density at radius 1 is 1.50 bits per heavy atom. The van der Waals surface area contributed by atoms with Gasteiger partial charge in [0.2, 0.25) is 0 Å². The molecular formula is C14H11BrClN3O4S. The Kier molecular flexibility index (Phi) is 6.29. The molecule has 0 atom stereocenters. The Labute approximate surface area is 154 Å². The second kappa shape index (κ2) is 8.22. The van der Waals surface area contributed by atoms with Gasteiger partial charge in [0.1, 0.15) is 5.75 Å². The van der Waals surface area contributed by atoms with Crippen molar-refractivity contribution < 1.29 is 14.5 Å². The molecule has 0 fully saturated rings. The number of amides is 1. The predicted octanol–water partition coefficient (Wildman–Crippen LogP) is 3.99. The molecule has 0 radical (unpaired) electrons. The van der Waals surface area contributed by atoms with Gasteiger partial charge < -0.3 is 4.74 Å². The minimum Gasteiger partial charge on any atom is -0.483 e. The number of carbonyl (C=O) groups excluding carboxylic acids is 1. The number of ether oxygens (including phenoxy) is 1. The molecule has 126 valence electrons. The van der Waals surface area contributed by atoms with Crippen molar-refractivity contribution in [2.45, 2.75) is 6.92 Å². The zero-order chi connectivity index (χ0) is 17.7. The molecule has 0 saturated heterocycles. The normalized spacial score (nSPS) is 11.2. The lowest BCUT2D eigenvalue weighted by Crippen LogP contribution is -2.25. The minimum absolute atomic E-state index is 0.00759. The van der Waals surface area contributed by atoms with Gasteiger partial charge in [-0.2, -0.15) is 5.10 Å². The van der Waals surface area contributed by atoms with Crippen molar-refractivity contribution >= 4 is 56.2 Å². The summed E-state index contributed by atoms with van der Waals surface area (Å²) >= 11 is 10.3. The first kappa shape index (κ1) is 18.4. The van der Waals surface area contributed by atoms with E-state index in [1.807, 2.05) is 0 Å². The highest BCUT2D eigenvalue weighted by molar-refractivity contribution is 9.10. The topological polar surface area (TPSA) is 93.8 Å². The maximum Gasteiger partial charge on any atom is 0.280 e. The van der Waals surface area contributed by atoms with Crippen LogP contribution in [-0.2, 0) is 4.79 Å². The quantitative estimate of drug-likeness (QED) is 0.424. The van der Waals surface area contributed by atoms with Crippen LogP contribution in [0.2, 0.25) is 5.02 Å². The number of halogens is 2. The van der Waals surface area contributed by atoms with E-state index in [9.17, 15) is 14.9 Å². The summed E-state index contributed by atoms with van der Waals surface area (Å²) in [5.41, 5.74) is 2.80. The first-order valence-electron chi connectivity index (χ1n) is 6.51. The van der Waals surface area contributed by atoms with Gasteiger partial charge in [-0.05, 0) is 41.1 Å². The van der Waals surface area contributed by atoms with E-state index in [1.54, 1.807) is 25.1 Å². The SMILES string of the molecule is C/C(=N\NC(=O)COc1ccc(Cl)cc1Br)c1cc([N+](=O)[O-])cs1. The number of carbonyl (C=O) groups is 1. The molecule has 1 aromatic carbocycles. The third kappa shape index (κ3) is 5.02. The lowest BCUT2D eigenvalue weighted by molar-refractivity contribution is -0.384. The van der Waals surface area contributed by atoms with Gasteiger partial charge in [0.25, 0.3) is 11.6 Å². The number of hydrogen-bond acceptors (Lipinski definition) is 6.